The van der Waals surface area contributed by atoms with Gasteiger partial charge in [0.05, 0.1) is 21.1 Å². The smallest absolute Gasteiger partial charge is 0.224 e. The highest BCUT2D eigenvalue weighted by Crippen LogP contribution is 2.28. The third-order valence-corrected chi connectivity index (χ3v) is 6.78. The van der Waals surface area contributed by atoms with E-state index in [2.05, 4.69) is 31.3 Å². The number of Topliss-reactive ketones (excluding diaryl/α,β-unsaturated/α-hetero) is 1. The SMILES string of the molecule is CCC(=O)C[C@H](Cc1nc2ccc(C(C)C)cc2s1)C(=O)N[C@@H](CN)Cc1ccccc1. The zero-order chi connectivity index (χ0) is 23.1. The standard InChI is InChI=1S/C26H33N3O2S/c1-4-22(30)13-20(26(31)28-21(16-27)12-18-8-6-5-7-9-18)15-25-29-23-11-10-19(17(2)3)14-24(23)32-25/h5-11,14,17,20-21H,4,12-13,15-16,27H2,1-3H3,(H,28,31)/t20-,21-/m1/s1. The summed E-state index contributed by atoms with van der Waals surface area (Å²) in [6.45, 7) is 6.51. The molecule has 0 saturated carbocycles. The number of thiazole rings is 1. The first-order chi connectivity index (χ1) is 15.4. The second-order valence-corrected chi connectivity index (χ2v) is 9.73. The van der Waals surface area contributed by atoms with Crippen LogP contribution < -0.4 is 11.1 Å². The molecular weight excluding hydrogens is 418 g/mol. The van der Waals surface area contributed by atoms with Gasteiger partial charge in [0.25, 0.3) is 0 Å². The van der Waals surface area contributed by atoms with Gasteiger partial charge >= 0.3 is 0 Å². The minimum absolute atomic E-state index is 0.0840. The van der Waals surface area contributed by atoms with Crippen LogP contribution in [-0.4, -0.2) is 29.3 Å². The van der Waals surface area contributed by atoms with Gasteiger partial charge in [-0.05, 0) is 35.6 Å². The normalized spacial score (nSPS) is 13.3. The Morgan fingerprint density at radius 1 is 1.09 bits per heavy atom. The summed E-state index contributed by atoms with van der Waals surface area (Å²) in [6, 6.07) is 16.1. The Balaban J connectivity index is 1.75. The maximum atomic E-state index is 13.2. The van der Waals surface area contributed by atoms with E-state index in [1.807, 2.05) is 43.3 Å². The number of carbonyl (C=O) groups is 2. The van der Waals surface area contributed by atoms with Gasteiger partial charge in [-0.1, -0.05) is 57.2 Å². The van der Waals surface area contributed by atoms with Crippen molar-refractivity contribution in [1.29, 1.82) is 0 Å². The van der Waals surface area contributed by atoms with Crippen LogP contribution >= 0.6 is 11.3 Å². The quantitative estimate of drug-likeness (QED) is 0.445. The summed E-state index contributed by atoms with van der Waals surface area (Å²) in [6.07, 6.45) is 1.76. The Morgan fingerprint density at radius 3 is 2.50 bits per heavy atom. The summed E-state index contributed by atoms with van der Waals surface area (Å²) in [7, 11) is 0. The number of rotatable bonds is 11. The lowest BCUT2D eigenvalue weighted by Gasteiger charge is -2.21. The Hall–Kier alpha value is -2.57. The van der Waals surface area contributed by atoms with Crippen LogP contribution in [-0.2, 0) is 22.4 Å². The number of amides is 1. The summed E-state index contributed by atoms with van der Waals surface area (Å²) in [4.78, 5) is 30.1. The average molecular weight is 452 g/mol. The predicted octanol–water partition coefficient (Wildman–Crippen LogP) is 4.63. The lowest BCUT2D eigenvalue weighted by molar-refractivity contribution is -0.129. The average Bonchev–Trinajstić information content (AvgIpc) is 3.20. The van der Waals surface area contributed by atoms with E-state index in [4.69, 9.17) is 10.7 Å². The monoisotopic (exact) mass is 451 g/mol. The van der Waals surface area contributed by atoms with Gasteiger partial charge in [0.1, 0.15) is 5.78 Å². The van der Waals surface area contributed by atoms with Crippen molar-refractivity contribution in [3.63, 3.8) is 0 Å². The first-order valence-corrected chi connectivity index (χ1v) is 12.2. The van der Waals surface area contributed by atoms with E-state index in [9.17, 15) is 9.59 Å². The number of nitrogens with one attached hydrogen (secondary N) is 1. The van der Waals surface area contributed by atoms with Gasteiger partial charge in [0, 0.05) is 31.8 Å². The molecule has 1 amide bonds. The van der Waals surface area contributed by atoms with Crippen LogP contribution in [0.3, 0.4) is 0 Å². The van der Waals surface area contributed by atoms with E-state index in [1.54, 1.807) is 11.3 Å². The Bertz CT molecular complexity index is 1050. The van der Waals surface area contributed by atoms with E-state index < -0.39 is 5.92 Å². The lowest BCUT2D eigenvalue weighted by Crippen LogP contribution is -2.45. The fraction of sp³-hybridized carbons (Fsp3) is 0.423. The largest absolute Gasteiger partial charge is 0.352 e. The van der Waals surface area contributed by atoms with Gasteiger partial charge in [-0.25, -0.2) is 4.98 Å². The molecule has 0 bridgehead atoms. The number of benzene rings is 2. The van der Waals surface area contributed by atoms with Crippen LogP contribution in [0.1, 0.15) is 55.7 Å². The van der Waals surface area contributed by atoms with E-state index in [1.165, 1.54) is 5.56 Å². The van der Waals surface area contributed by atoms with Crippen molar-refractivity contribution < 1.29 is 9.59 Å². The molecule has 0 aliphatic carbocycles. The van der Waals surface area contributed by atoms with Crippen molar-refractivity contribution >= 4 is 33.2 Å². The molecule has 0 radical (unpaired) electrons. The topological polar surface area (TPSA) is 85.1 Å². The Morgan fingerprint density at radius 2 is 1.84 bits per heavy atom. The summed E-state index contributed by atoms with van der Waals surface area (Å²) >= 11 is 1.61. The zero-order valence-corrected chi connectivity index (χ0v) is 20.0. The molecule has 32 heavy (non-hydrogen) atoms. The van der Waals surface area contributed by atoms with E-state index in [0.717, 1.165) is 20.8 Å². The Kier molecular flexibility index (Phi) is 8.53. The number of aromatic nitrogens is 1. The summed E-state index contributed by atoms with van der Waals surface area (Å²) < 4.78 is 1.12. The molecule has 0 spiro atoms. The van der Waals surface area contributed by atoms with Gasteiger partial charge in [-0.3, -0.25) is 9.59 Å². The highest BCUT2D eigenvalue weighted by atomic mass is 32.1. The predicted molar refractivity (Wildman–Crippen MR) is 132 cm³/mol. The number of hydrogen-bond donors (Lipinski definition) is 2. The molecule has 170 valence electrons. The number of nitrogens with two attached hydrogens (primary N) is 1. The fourth-order valence-electron chi connectivity index (χ4n) is 3.73. The van der Waals surface area contributed by atoms with Crippen molar-refractivity contribution in [1.82, 2.24) is 10.3 Å². The highest BCUT2D eigenvalue weighted by Gasteiger charge is 2.25. The first kappa shape index (κ1) is 24.1. The number of fused-ring (bicyclic) bond motifs is 1. The van der Waals surface area contributed by atoms with Crippen molar-refractivity contribution in [2.75, 3.05) is 6.54 Å². The van der Waals surface area contributed by atoms with Crippen LogP contribution in [0.2, 0.25) is 0 Å². The minimum atomic E-state index is -0.447. The summed E-state index contributed by atoms with van der Waals surface area (Å²) in [5, 5.41) is 3.97. The maximum Gasteiger partial charge on any atom is 0.224 e. The first-order valence-electron chi connectivity index (χ1n) is 11.3. The van der Waals surface area contributed by atoms with E-state index in [-0.39, 0.29) is 24.2 Å². The molecule has 0 aliphatic rings. The van der Waals surface area contributed by atoms with E-state index >= 15 is 0 Å². The molecular formula is C26H33N3O2S. The van der Waals surface area contributed by atoms with Gasteiger partial charge in [-0.2, -0.15) is 0 Å². The van der Waals surface area contributed by atoms with Crippen LogP contribution in [0, 0.1) is 5.92 Å². The summed E-state index contributed by atoms with van der Waals surface area (Å²) in [5.41, 5.74) is 9.29. The summed E-state index contributed by atoms with van der Waals surface area (Å²) in [5.74, 6) is -0.0399. The van der Waals surface area contributed by atoms with Crippen molar-refractivity contribution in [3.05, 3.63) is 64.7 Å². The highest BCUT2D eigenvalue weighted by molar-refractivity contribution is 7.18. The van der Waals surface area contributed by atoms with Crippen LogP contribution in [0.5, 0.6) is 0 Å². The number of carbonyl (C=O) groups excluding carboxylic acids is 2. The number of ketones is 1. The lowest BCUT2D eigenvalue weighted by atomic mass is 9.96. The molecule has 6 heteroatoms. The molecule has 0 fully saturated rings. The van der Waals surface area contributed by atoms with Gasteiger partial charge < -0.3 is 11.1 Å². The fourth-order valence-corrected chi connectivity index (χ4v) is 4.83. The van der Waals surface area contributed by atoms with Gasteiger partial charge in [0.15, 0.2) is 0 Å². The third-order valence-electron chi connectivity index (χ3n) is 5.74. The molecule has 0 saturated heterocycles. The molecule has 0 aliphatic heterocycles. The number of nitrogens with zero attached hydrogens (tertiary/aromatic N) is 1. The molecule has 3 rings (SSSR count). The second kappa shape index (κ2) is 11.3. The van der Waals surface area contributed by atoms with Gasteiger partial charge in [-0.15, -0.1) is 11.3 Å². The molecule has 5 nitrogen and oxygen atoms in total. The third kappa shape index (κ3) is 6.47. The van der Waals surface area contributed by atoms with Crippen LogP contribution in [0.25, 0.3) is 10.2 Å². The Labute approximate surface area is 194 Å². The van der Waals surface area contributed by atoms with E-state index in [0.29, 0.717) is 31.7 Å². The molecule has 3 aromatic rings. The molecule has 2 aromatic carbocycles. The molecule has 1 aromatic heterocycles. The van der Waals surface area contributed by atoms with Crippen LogP contribution in [0.4, 0.5) is 0 Å². The second-order valence-electron chi connectivity index (χ2n) is 8.62. The van der Waals surface area contributed by atoms with Crippen molar-refractivity contribution in [2.45, 2.75) is 58.4 Å². The van der Waals surface area contributed by atoms with Crippen molar-refractivity contribution in [3.8, 4) is 0 Å². The molecule has 1 heterocycles. The number of hydrogen-bond acceptors (Lipinski definition) is 5. The van der Waals surface area contributed by atoms with Crippen molar-refractivity contribution in [2.24, 2.45) is 11.7 Å². The maximum absolute atomic E-state index is 13.2. The zero-order valence-electron chi connectivity index (χ0n) is 19.1. The van der Waals surface area contributed by atoms with Crippen LogP contribution in [0.15, 0.2) is 48.5 Å². The molecule has 2 atom stereocenters. The molecule has 3 N–H and O–H groups in total. The molecule has 0 unspecified atom stereocenters. The van der Waals surface area contributed by atoms with Gasteiger partial charge in [0.2, 0.25) is 5.91 Å². The minimum Gasteiger partial charge on any atom is -0.352 e.